The van der Waals surface area contributed by atoms with E-state index in [0.29, 0.717) is 17.6 Å². The molecule has 0 saturated heterocycles. The fraction of sp³-hybridized carbons (Fsp3) is 1.00. The van der Waals surface area contributed by atoms with Gasteiger partial charge in [-0.25, -0.2) is 0 Å². The van der Waals surface area contributed by atoms with Crippen molar-refractivity contribution < 1.29 is 4.39 Å². The highest BCUT2D eigenvalue weighted by atomic mass is 33.1. The first kappa shape index (κ1) is 13.6. The van der Waals surface area contributed by atoms with Crippen LogP contribution in [0.5, 0.6) is 0 Å². The monoisotopic (exact) mass is 224 g/mol. The maximum absolute atomic E-state index is 12.2. The number of rotatable bonds is 5. The third-order valence-corrected chi connectivity index (χ3v) is 5.71. The fourth-order valence-electron chi connectivity index (χ4n) is 0.806. The van der Waals surface area contributed by atoms with Gasteiger partial charge in [-0.3, -0.25) is 4.39 Å². The van der Waals surface area contributed by atoms with Crippen molar-refractivity contribution in [3.63, 3.8) is 0 Å². The van der Waals surface area contributed by atoms with Gasteiger partial charge in [0.15, 0.2) is 0 Å². The molecule has 0 bridgehead atoms. The molecule has 0 nitrogen and oxygen atoms in total. The molecule has 0 spiro atoms. The van der Waals surface area contributed by atoms with Gasteiger partial charge in [0.1, 0.15) is 0 Å². The second-order valence-corrected chi connectivity index (χ2v) is 7.82. The van der Waals surface area contributed by atoms with Gasteiger partial charge in [-0.05, 0) is 12.3 Å². The highest BCUT2D eigenvalue weighted by Gasteiger charge is 2.18. The summed E-state index contributed by atoms with van der Waals surface area (Å²) in [5, 5.41) is 0.453. The summed E-state index contributed by atoms with van der Waals surface area (Å²) in [5.74, 6) is 0.565. The van der Waals surface area contributed by atoms with Crippen LogP contribution in [0.4, 0.5) is 4.39 Å². The predicted octanol–water partition coefficient (Wildman–Crippen LogP) is 4.55. The van der Waals surface area contributed by atoms with E-state index in [1.807, 2.05) is 21.6 Å². The molecule has 0 rings (SSSR count). The second-order valence-electron chi connectivity index (χ2n) is 4.55. The van der Waals surface area contributed by atoms with Gasteiger partial charge in [-0.2, -0.15) is 0 Å². The van der Waals surface area contributed by atoms with Gasteiger partial charge in [0.2, 0.25) is 0 Å². The highest BCUT2D eigenvalue weighted by Crippen LogP contribution is 2.41. The van der Waals surface area contributed by atoms with Crippen molar-refractivity contribution in [2.24, 2.45) is 5.92 Å². The molecule has 0 aromatic rings. The number of hydrogen-bond donors (Lipinski definition) is 0. The van der Waals surface area contributed by atoms with E-state index in [1.54, 1.807) is 0 Å². The summed E-state index contributed by atoms with van der Waals surface area (Å²) in [6.07, 6.45) is 0.686. The molecule has 13 heavy (non-hydrogen) atoms. The van der Waals surface area contributed by atoms with Gasteiger partial charge in [-0.15, -0.1) is 0 Å². The van der Waals surface area contributed by atoms with E-state index < -0.39 is 0 Å². The van der Waals surface area contributed by atoms with Crippen LogP contribution in [0.15, 0.2) is 0 Å². The molecule has 0 amide bonds. The molecular formula is C10H21FS2. The lowest BCUT2D eigenvalue weighted by molar-refractivity contribution is 0.438. The summed E-state index contributed by atoms with van der Waals surface area (Å²) in [6, 6.07) is 0. The first-order valence-corrected chi connectivity index (χ1v) is 6.98. The lowest BCUT2D eigenvalue weighted by atomic mass is 10.1. The van der Waals surface area contributed by atoms with Crippen LogP contribution in [0.25, 0.3) is 0 Å². The van der Waals surface area contributed by atoms with Gasteiger partial charge in [0.05, 0.1) is 6.67 Å². The zero-order valence-electron chi connectivity index (χ0n) is 9.26. The van der Waals surface area contributed by atoms with Crippen LogP contribution >= 0.6 is 21.6 Å². The molecule has 3 heteroatoms. The Morgan fingerprint density at radius 3 is 2.08 bits per heavy atom. The minimum Gasteiger partial charge on any atom is -0.251 e. The van der Waals surface area contributed by atoms with Crippen LogP contribution in [0, 0.1) is 5.92 Å². The summed E-state index contributed by atoms with van der Waals surface area (Å²) < 4.78 is 12.5. The summed E-state index contributed by atoms with van der Waals surface area (Å²) in [7, 11) is 3.70. The topological polar surface area (TPSA) is 0 Å². The van der Waals surface area contributed by atoms with Gasteiger partial charge >= 0.3 is 0 Å². The Kier molecular flexibility index (Phi) is 6.48. The number of hydrogen-bond acceptors (Lipinski definition) is 2. The van der Waals surface area contributed by atoms with E-state index in [4.69, 9.17) is 0 Å². The van der Waals surface area contributed by atoms with Crippen molar-refractivity contribution >= 4 is 21.6 Å². The van der Waals surface area contributed by atoms with Crippen molar-refractivity contribution in [1.29, 1.82) is 0 Å². The van der Waals surface area contributed by atoms with Crippen LogP contribution < -0.4 is 0 Å². The molecule has 0 fully saturated rings. The van der Waals surface area contributed by atoms with Crippen molar-refractivity contribution in [2.45, 2.75) is 51.0 Å². The van der Waals surface area contributed by atoms with Crippen molar-refractivity contribution in [3.05, 3.63) is 0 Å². The lowest BCUT2D eigenvalue weighted by Crippen LogP contribution is -2.13. The standard InChI is InChI=1S/C10H21FS2/c1-8(2)9(6-7-11)12-13-10(3,4)5/h8-9H,6-7H2,1-5H3/t9-/m1/s1. The molecule has 0 aliphatic rings. The summed E-state index contributed by atoms with van der Waals surface area (Å²) >= 11 is 0. The Bertz CT molecular complexity index is 129. The molecule has 0 aliphatic carbocycles. The minimum atomic E-state index is -0.194. The third-order valence-electron chi connectivity index (χ3n) is 1.56. The molecule has 0 heterocycles. The molecule has 0 aliphatic heterocycles. The van der Waals surface area contributed by atoms with Crippen molar-refractivity contribution in [1.82, 2.24) is 0 Å². The molecule has 0 aromatic carbocycles. The normalized spacial score (nSPS) is 15.0. The molecule has 80 valence electrons. The quantitative estimate of drug-likeness (QED) is 0.628. The van der Waals surface area contributed by atoms with E-state index >= 15 is 0 Å². The lowest BCUT2D eigenvalue weighted by Gasteiger charge is -2.23. The zero-order valence-corrected chi connectivity index (χ0v) is 10.9. The summed E-state index contributed by atoms with van der Waals surface area (Å²) in [5.41, 5.74) is 0. The Hall–Kier alpha value is 0.630. The first-order valence-electron chi connectivity index (χ1n) is 4.77. The first-order chi connectivity index (χ1) is 5.87. The second kappa shape index (κ2) is 6.18. The maximum Gasteiger partial charge on any atom is 0.0905 e. The molecule has 1 atom stereocenters. The Balaban J connectivity index is 3.82. The van der Waals surface area contributed by atoms with Gasteiger partial charge in [-0.1, -0.05) is 56.2 Å². The largest absolute Gasteiger partial charge is 0.251 e. The maximum atomic E-state index is 12.2. The smallest absolute Gasteiger partial charge is 0.0905 e. The van der Waals surface area contributed by atoms with Gasteiger partial charge in [0.25, 0.3) is 0 Å². The average Bonchev–Trinajstić information content (AvgIpc) is 1.95. The summed E-state index contributed by atoms with van der Waals surface area (Å²) in [6.45, 7) is 10.7. The van der Waals surface area contributed by atoms with E-state index in [9.17, 15) is 4.39 Å². The van der Waals surface area contributed by atoms with E-state index in [2.05, 4.69) is 34.6 Å². The van der Waals surface area contributed by atoms with Crippen LogP contribution in [-0.4, -0.2) is 16.7 Å². The number of alkyl halides is 1. The SMILES string of the molecule is CC(C)[C@@H](CCF)SSC(C)(C)C. The van der Waals surface area contributed by atoms with Gasteiger partial charge < -0.3 is 0 Å². The van der Waals surface area contributed by atoms with E-state index in [0.717, 1.165) is 0 Å². The minimum absolute atomic E-state index is 0.194. The molecule has 0 saturated carbocycles. The molecule has 0 unspecified atom stereocenters. The van der Waals surface area contributed by atoms with Crippen LogP contribution in [0.3, 0.4) is 0 Å². The third kappa shape index (κ3) is 7.68. The van der Waals surface area contributed by atoms with Crippen LogP contribution in [0.1, 0.15) is 41.0 Å². The Morgan fingerprint density at radius 2 is 1.77 bits per heavy atom. The predicted molar refractivity (Wildman–Crippen MR) is 64.2 cm³/mol. The van der Waals surface area contributed by atoms with Gasteiger partial charge in [0, 0.05) is 10.00 Å². The zero-order chi connectivity index (χ0) is 10.5. The van der Waals surface area contributed by atoms with E-state index in [1.165, 1.54) is 0 Å². The fourth-order valence-corrected chi connectivity index (χ4v) is 3.82. The molecular weight excluding hydrogens is 203 g/mol. The van der Waals surface area contributed by atoms with Crippen LogP contribution in [-0.2, 0) is 0 Å². The molecule has 0 radical (unpaired) electrons. The average molecular weight is 224 g/mol. The Labute approximate surface area is 89.8 Å². The molecule has 0 aromatic heterocycles. The Morgan fingerprint density at radius 1 is 1.23 bits per heavy atom. The summed E-state index contributed by atoms with van der Waals surface area (Å²) in [4.78, 5) is 0. The van der Waals surface area contributed by atoms with Crippen LogP contribution in [0.2, 0.25) is 0 Å². The van der Waals surface area contributed by atoms with Crippen molar-refractivity contribution in [2.75, 3.05) is 6.67 Å². The van der Waals surface area contributed by atoms with E-state index in [-0.39, 0.29) is 11.4 Å². The molecule has 0 N–H and O–H groups in total. The number of halogens is 1. The van der Waals surface area contributed by atoms with Crippen molar-refractivity contribution in [3.8, 4) is 0 Å². The highest BCUT2D eigenvalue weighted by molar-refractivity contribution is 8.77.